The van der Waals surface area contributed by atoms with Gasteiger partial charge < -0.3 is 15.2 Å². The molecule has 0 aliphatic rings. The topological polar surface area (TPSA) is 88.5 Å². The first-order valence-corrected chi connectivity index (χ1v) is 10.9. The Morgan fingerprint density at radius 3 is 2.32 bits per heavy atom. The molecule has 3 aromatic rings. The molecule has 1 atom stereocenters. The molecule has 2 N–H and O–H groups in total. The number of phenols is 1. The average Bonchev–Trinajstić information content (AvgIpc) is 3.10. The van der Waals surface area contributed by atoms with Crippen molar-refractivity contribution in [3.8, 4) is 5.75 Å². The maximum atomic E-state index is 13.4. The van der Waals surface area contributed by atoms with E-state index in [1.165, 1.54) is 0 Å². The van der Waals surface area contributed by atoms with Gasteiger partial charge in [0.2, 0.25) is 5.91 Å². The number of nitrogens with zero attached hydrogens (tertiary/aromatic N) is 1. The second kappa shape index (κ2) is 9.31. The summed E-state index contributed by atoms with van der Waals surface area (Å²) < 4.78 is 5.06. The molecule has 0 spiro atoms. The van der Waals surface area contributed by atoms with Crippen LogP contribution in [-0.2, 0) is 9.53 Å². The van der Waals surface area contributed by atoms with Crippen molar-refractivity contribution in [1.82, 2.24) is 4.98 Å². The van der Waals surface area contributed by atoms with E-state index in [1.54, 1.807) is 26.0 Å². The largest absolute Gasteiger partial charge is 0.508 e. The fraction of sp³-hybridized carbons (Fsp3) is 0.292. The molecule has 162 valence electrons. The van der Waals surface area contributed by atoms with Crippen LogP contribution in [0.25, 0.3) is 0 Å². The van der Waals surface area contributed by atoms with Gasteiger partial charge in [-0.25, -0.2) is 9.78 Å². The Balaban J connectivity index is 1.93. The van der Waals surface area contributed by atoms with E-state index in [0.29, 0.717) is 15.7 Å². The number of phenolic OH excluding ortho intramolecular Hbond substituents is 1. The zero-order chi connectivity index (χ0) is 22.6. The van der Waals surface area contributed by atoms with Gasteiger partial charge in [-0.3, -0.25) is 4.79 Å². The third kappa shape index (κ3) is 4.94. The van der Waals surface area contributed by atoms with Crippen LogP contribution in [-0.4, -0.2) is 28.6 Å². The highest BCUT2D eigenvalue weighted by Crippen LogP contribution is 2.42. The first-order valence-electron chi connectivity index (χ1n) is 10.0. The van der Waals surface area contributed by atoms with Crippen molar-refractivity contribution >= 4 is 28.3 Å². The molecule has 7 heteroatoms. The van der Waals surface area contributed by atoms with Gasteiger partial charge in [-0.05, 0) is 37.1 Å². The molecule has 2 aromatic carbocycles. The van der Waals surface area contributed by atoms with E-state index >= 15 is 0 Å². The molecular weight excluding hydrogens is 412 g/mol. The maximum absolute atomic E-state index is 13.4. The lowest BCUT2D eigenvalue weighted by Crippen LogP contribution is -2.37. The van der Waals surface area contributed by atoms with Crippen LogP contribution in [0.3, 0.4) is 0 Å². The summed E-state index contributed by atoms with van der Waals surface area (Å²) in [5.74, 6) is -0.760. The lowest BCUT2D eigenvalue weighted by atomic mass is 9.70. The van der Waals surface area contributed by atoms with E-state index in [1.807, 2.05) is 56.3 Å². The standard InChI is InChI=1S/C24H26N2O4S/c1-5-30-21(28)20-15(2)25-23(31-20)26-22(29)24(3,4)19(16-9-7-6-8-10-16)17-11-13-18(27)14-12-17/h6-14,19,27H,5H2,1-4H3,(H,25,26,29). The Hall–Kier alpha value is -3.19. The van der Waals surface area contributed by atoms with Gasteiger partial charge in [0.15, 0.2) is 5.13 Å². The number of thiazole rings is 1. The first kappa shape index (κ1) is 22.5. The molecule has 0 aliphatic carbocycles. The number of esters is 1. The summed E-state index contributed by atoms with van der Waals surface area (Å²) in [5, 5.41) is 12.9. The van der Waals surface area contributed by atoms with Crippen LogP contribution in [0.5, 0.6) is 5.75 Å². The number of rotatable bonds is 7. The zero-order valence-corrected chi connectivity index (χ0v) is 18.8. The van der Waals surface area contributed by atoms with Crippen LogP contribution in [0, 0.1) is 12.3 Å². The minimum absolute atomic E-state index is 0.169. The van der Waals surface area contributed by atoms with Gasteiger partial charge in [-0.2, -0.15) is 0 Å². The van der Waals surface area contributed by atoms with Crippen molar-refractivity contribution < 1.29 is 19.4 Å². The summed E-state index contributed by atoms with van der Waals surface area (Å²) in [4.78, 5) is 30.2. The number of benzene rings is 2. The molecule has 6 nitrogen and oxygen atoms in total. The van der Waals surface area contributed by atoms with E-state index in [-0.39, 0.29) is 24.2 Å². The van der Waals surface area contributed by atoms with Crippen molar-refractivity contribution in [2.75, 3.05) is 11.9 Å². The number of carbonyl (C=O) groups is 2. The number of aryl methyl sites for hydroxylation is 1. The molecule has 0 bridgehead atoms. The lowest BCUT2D eigenvalue weighted by molar-refractivity contribution is -0.124. The molecule has 1 heterocycles. The van der Waals surface area contributed by atoms with E-state index in [9.17, 15) is 14.7 Å². The Morgan fingerprint density at radius 2 is 1.71 bits per heavy atom. The summed E-state index contributed by atoms with van der Waals surface area (Å²) in [5.41, 5.74) is 1.55. The minimum atomic E-state index is -0.859. The Labute approximate surface area is 185 Å². The zero-order valence-electron chi connectivity index (χ0n) is 18.0. The third-order valence-corrected chi connectivity index (χ3v) is 6.20. The second-order valence-corrected chi connectivity index (χ2v) is 8.76. The third-order valence-electron chi connectivity index (χ3n) is 5.14. The molecule has 0 fully saturated rings. The smallest absolute Gasteiger partial charge is 0.350 e. The number of hydrogen-bond donors (Lipinski definition) is 2. The summed E-state index contributed by atoms with van der Waals surface area (Å²) in [7, 11) is 0. The Kier molecular flexibility index (Phi) is 6.75. The van der Waals surface area contributed by atoms with Crippen LogP contribution in [0.15, 0.2) is 54.6 Å². The van der Waals surface area contributed by atoms with Crippen molar-refractivity contribution in [3.05, 3.63) is 76.3 Å². The quantitative estimate of drug-likeness (QED) is 0.499. The second-order valence-electron chi connectivity index (χ2n) is 7.77. The molecule has 3 rings (SSSR count). The van der Waals surface area contributed by atoms with Crippen LogP contribution in [0.4, 0.5) is 5.13 Å². The van der Waals surface area contributed by atoms with Crippen LogP contribution >= 0.6 is 11.3 Å². The first-order chi connectivity index (χ1) is 14.7. The number of anilines is 1. The van der Waals surface area contributed by atoms with Gasteiger partial charge in [-0.15, -0.1) is 0 Å². The van der Waals surface area contributed by atoms with Crippen molar-refractivity contribution in [3.63, 3.8) is 0 Å². The molecule has 1 unspecified atom stereocenters. The number of hydrogen-bond acceptors (Lipinski definition) is 6. The fourth-order valence-electron chi connectivity index (χ4n) is 3.56. The molecule has 0 saturated carbocycles. The number of carbonyl (C=O) groups excluding carboxylic acids is 2. The minimum Gasteiger partial charge on any atom is -0.508 e. The highest BCUT2D eigenvalue weighted by Gasteiger charge is 2.39. The maximum Gasteiger partial charge on any atom is 0.350 e. The molecule has 0 aliphatic heterocycles. The van der Waals surface area contributed by atoms with Gasteiger partial charge in [0.1, 0.15) is 10.6 Å². The van der Waals surface area contributed by atoms with E-state index in [0.717, 1.165) is 22.5 Å². The molecule has 0 saturated heterocycles. The van der Waals surface area contributed by atoms with Gasteiger partial charge in [0.25, 0.3) is 0 Å². The molecule has 31 heavy (non-hydrogen) atoms. The van der Waals surface area contributed by atoms with E-state index in [4.69, 9.17) is 4.74 Å². The SMILES string of the molecule is CCOC(=O)c1sc(NC(=O)C(C)(C)C(c2ccccc2)c2ccc(O)cc2)nc1C. The number of aromatic nitrogens is 1. The van der Waals surface area contributed by atoms with Crippen molar-refractivity contribution in [1.29, 1.82) is 0 Å². The van der Waals surface area contributed by atoms with Gasteiger partial charge >= 0.3 is 5.97 Å². The fourth-order valence-corrected chi connectivity index (χ4v) is 4.42. The highest BCUT2D eigenvalue weighted by atomic mass is 32.1. The Morgan fingerprint density at radius 1 is 1.10 bits per heavy atom. The van der Waals surface area contributed by atoms with Crippen LogP contribution in [0.1, 0.15) is 53.2 Å². The van der Waals surface area contributed by atoms with Gasteiger partial charge in [-0.1, -0.05) is 67.6 Å². The predicted octanol–water partition coefficient (Wildman–Crippen LogP) is 5.13. The summed E-state index contributed by atoms with van der Waals surface area (Å²) in [6, 6.07) is 16.7. The number of nitrogens with one attached hydrogen (secondary N) is 1. The summed E-state index contributed by atoms with van der Waals surface area (Å²) >= 11 is 1.11. The average molecular weight is 439 g/mol. The van der Waals surface area contributed by atoms with Crippen molar-refractivity contribution in [2.24, 2.45) is 5.41 Å². The molecule has 0 radical (unpaired) electrons. The van der Waals surface area contributed by atoms with Crippen LogP contribution in [0.2, 0.25) is 0 Å². The van der Waals surface area contributed by atoms with Crippen LogP contribution < -0.4 is 5.32 Å². The van der Waals surface area contributed by atoms with Gasteiger partial charge in [0, 0.05) is 5.92 Å². The highest BCUT2D eigenvalue weighted by molar-refractivity contribution is 7.17. The Bertz CT molecular complexity index is 1060. The summed E-state index contributed by atoms with van der Waals surface area (Å²) in [6.45, 7) is 7.48. The van der Waals surface area contributed by atoms with E-state index in [2.05, 4.69) is 10.3 Å². The van der Waals surface area contributed by atoms with Crippen molar-refractivity contribution in [2.45, 2.75) is 33.6 Å². The van der Waals surface area contributed by atoms with Gasteiger partial charge in [0.05, 0.1) is 17.7 Å². The number of amides is 1. The molecular formula is C24H26N2O4S. The van der Waals surface area contributed by atoms with E-state index < -0.39 is 11.4 Å². The normalized spacial score (nSPS) is 12.3. The molecule has 1 amide bonds. The summed E-state index contributed by atoms with van der Waals surface area (Å²) in [6.07, 6.45) is 0. The number of ether oxygens (including phenoxy) is 1. The predicted molar refractivity (Wildman–Crippen MR) is 122 cm³/mol. The number of aromatic hydroxyl groups is 1. The molecule has 1 aromatic heterocycles. The monoisotopic (exact) mass is 438 g/mol. The lowest BCUT2D eigenvalue weighted by Gasteiger charge is -2.33.